The summed E-state index contributed by atoms with van der Waals surface area (Å²) in [7, 11) is 0. The monoisotopic (exact) mass is 498 g/mol. The lowest BCUT2D eigenvalue weighted by Crippen LogP contribution is -2.36. The van der Waals surface area contributed by atoms with Gasteiger partial charge in [0, 0.05) is 16.8 Å². The number of hydrogen-bond donors (Lipinski definition) is 2. The molecule has 154 valence electrons. The van der Waals surface area contributed by atoms with Crippen LogP contribution < -0.4 is 15.4 Å². The second-order valence-corrected chi connectivity index (χ2v) is 8.61. The minimum Gasteiger partial charge on any atom is -0.483 e. The first-order valence-electron chi connectivity index (χ1n) is 9.40. The molecule has 0 spiro atoms. The molecule has 0 heterocycles. The van der Waals surface area contributed by atoms with E-state index in [2.05, 4.69) is 26.6 Å². The van der Waals surface area contributed by atoms with Crippen molar-refractivity contribution >= 4 is 56.6 Å². The van der Waals surface area contributed by atoms with Gasteiger partial charge in [-0.05, 0) is 65.2 Å². The van der Waals surface area contributed by atoms with Crippen LogP contribution in [0.1, 0.15) is 42.5 Å². The lowest BCUT2D eigenvalue weighted by Gasteiger charge is -2.23. The Morgan fingerprint density at radius 1 is 1.07 bits per heavy atom. The van der Waals surface area contributed by atoms with Crippen LogP contribution >= 0.6 is 39.1 Å². The summed E-state index contributed by atoms with van der Waals surface area (Å²) in [5, 5.41) is 6.67. The molecule has 0 atom stereocenters. The summed E-state index contributed by atoms with van der Waals surface area (Å²) in [6.45, 7) is -0.188. The van der Waals surface area contributed by atoms with Gasteiger partial charge in [0.2, 0.25) is 0 Å². The van der Waals surface area contributed by atoms with Crippen molar-refractivity contribution in [1.82, 2.24) is 5.32 Å². The number of rotatable bonds is 6. The first kappa shape index (κ1) is 21.9. The average molecular weight is 500 g/mol. The molecule has 0 unspecified atom stereocenters. The topological polar surface area (TPSA) is 67.4 Å². The zero-order chi connectivity index (χ0) is 20.8. The second-order valence-electron chi connectivity index (χ2n) is 6.91. The van der Waals surface area contributed by atoms with Gasteiger partial charge < -0.3 is 15.4 Å². The van der Waals surface area contributed by atoms with E-state index in [0.717, 1.165) is 25.7 Å². The van der Waals surface area contributed by atoms with E-state index in [9.17, 15) is 9.59 Å². The maximum atomic E-state index is 12.6. The fourth-order valence-electron chi connectivity index (χ4n) is 3.22. The zero-order valence-electron chi connectivity index (χ0n) is 15.6. The summed E-state index contributed by atoms with van der Waals surface area (Å²) in [5.74, 6) is -0.0691. The maximum absolute atomic E-state index is 12.6. The smallest absolute Gasteiger partial charge is 0.262 e. The lowest BCUT2D eigenvalue weighted by molar-refractivity contribution is -0.118. The Morgan fingerprint density at radius 3 is 2.55 bits per heavy atom. The van der Waals surface area contributed by atoms with Crippen LogP contribution in [0, 0.1) is 0 Å². The number of carbonyl (C=O) groups is 2. The molecular formula is C21H21BrCl2N2O3. The van der Waals surface area contributed by atoms with Gasteiger partial charge in [0.05, 0.1) is 15.1 Å². The molecule has 1 aliphatic rings. The Hall–Kier alpha value is -1.76. The highest BCUT2D eigenvalue weighted by molar-refractivity contribution is 9.10. The third-order valence-electron chi connectivity index (χ3n) is 4.69. The molecule has 3 rings (SSSR count). The Morgan fingerprint density at radius 2 is 1.83 bits per heavy atom. The van der Waals surface area contributed by atoms with E-state index in [1.165, 1.54) is 6.42 Å². The third-order valence-corrected chi connectivity index (χ3v) is 5.87. The Balaban J connectivity index is 1.59. The summed E-state index contributed by atoms with van der Waals surface area (Å²) in [6.07, 6.45) is 5.43. The number of anilines is 1. The summed E-state index contributed by atoms with van der Waals surface area (Å²) < 4.78 is 6.16. The van der Waals surface area contributed by atoms with E-state index in [0.29, 0.717) is 31.5 Å². The van der Waals surface area contributed by atoms with Crippen molar-refractivity contribution < 1.29 is 14.3 Å². The van der Waals surface area contributed by atoms with Gasteiger partial charge in [-0.1, -0.05) is 42.5 Å². The van der Waals surface area contributed by atoms with E-state index in [1.807, 2.05) is 0 Å². The summed E-state index contributed by atoms with van der Waals surface area (Å²) >= 11 is 15.4. The number of halogens is 3. The Labute approximate surface area is 188 Å². The van der Waals surface area contributed by atoms with Crippen LogP contribution in [0.15, 0.2) is 40.9 Å². The standard InChI is InChI=1S/C21H21BrCl2N2O3/c22-17-10-13(23)6-9-19(17)29-12-20(27)25-15-7-8-18(24)16(11-15)21(28)26-14-4-2-1-3-5-14/h6-11,14H,1-5,12H2,(H,25,27)(H,26,28). The summed E-state index contributed by atoms with van der Waals surface area (Å²) in [4.78, 5) is 24.8. The second kappa shape index (κ2) is 10.3. The lowest BCUT2D eigenvalue weighted by atomic mass is 9.95. The predicted molar refractivity (Wildman–Crippen MR) is 119 cm³/mol. The molecular weight excluding hydrogens is 479 g/mol. The fourth-order valence-corrected chi connectivity index (χ4v) is 4.22. The molecule has 2 aromatic rings. The SMILES string of the molecule is O=C(COc1ccc(Cl)cc1Br)Nc1ccc(Cl)c(C(=O)NC2CCCCC2)c1. The van der Waals surface area contributed by atoms with E-state index in [1.54, 1.807) is 36.4 Å². The van der Waals surface area contributed by atoms with Gasteiger partial charge in [0.1, 0.15) is 5.75 Å². The van der Waals surface area contributed by atoms with Gasteiger partial charge >= 0.3 is 0 Å². The van der Waals surface area contributed by atoms with Crippen molar-refractivity contribution in [2.45, 2.75) is 38.1 Å². The maximum Gasteiger partial charge on any atom is 0.262 e. The van der Waals surface area contributed by atoms with E-state index in [4.69, 9.17) is 27.9 Å². The zero-order valence-corrected chi connectivity index (χ0v) is 18.7. The molecule has 8 heteroatoms. The van der Waals surface area contributed by atoms with Gasteiger partial charge in [-0.3, -0.25) is 9.59 Å². The molecule has 29 heavy (non-hydrogen) atoms. The van der Waals surface area contributed by atoms with Crippen LogP contribution in [0.3, 0.4) is 0 Å². The molecule has 1 saturated carbocycles. The first-order valence-corrected chi connectivity index (χ1v) is 11.0. The van der Waals surface area contributed by atoms with Gasteiger partial charge in [-0.15, -0.1) is 0 Å². The molecule has 1 fully saturated rings. The number of nitrogens with one attached hydrogen (secondary N) is 2. The predicted octanol–water partition coefficient (Wildman–Crippen LogP) is 5.84. The molecule has 0 aromatic heterocycles. The van der Waals surface area contributed by atoms with E-state index in [-0.39, 0.29) is 24.5 Å². The molecule has 0 bridgehead atoms. The van der Waals surface area contributed by atoms with Crippen molar-refractivity contribution in [3.05, 3.63) is 56.5 Å². The van der Waals surface area contributed by atoms with Crippen LogP contribution in [0.25, 0.3) is 0 Å². The molecule has 2 N–H and O–H groups in total. The van der Waals surface area contributed by atoms with Crippen molar-refractivity contribution in [3.8, 4) is 5.75 Å². The van der Waals surface area contributed by atoms with Crippen molar-refractivity contribution in [2.75, 3.05) is 11.9 Å². The van der Waals surface area contributed by atoms with Gasteiger partial charge in [-0.25, -0.2) is 0 Å². The van der Waals surface area contributed by atoms with Crippen molar-refractivity contribution in [2.24, 2.45) is 0 Å². The first-order chi connectivity index (χ1) is 13.9. The Kier molecular flexibility index (Phi) is 7.81. The third kappa shape index (κ3) is 6.36. The highest BCUT2D eigenvalue weighted by atomic mass is 79.9. The van der Waals surface area contributed by atoms with Gasteiger partial charge in [-0.2, -0.15) is 0 Å². The fraction of sp³-hybridized carbons (Fsp3) is 0.333. The number of ether oxygens (including phenoxy) is 1. The average Bonchev–Trinajstić information content (AvgIpc) is 2.69. The minimum atomic E-state index is -0.354. The van der Waals surface area contributed by atoms with Crippen LogP contribution in [0.4, 0.5) is 5.69 Å². The molecule has 0 saturated heterocycles. The van der Waals surface area contributed by atoms with Crippen LogP contribution in [0.2, 0.25) is 10.0 Å². The number of hydrogen-bond acceptors (Lipinski definition) is 3. The van der Waals surface area contributed by atoms with Crippen LogP contribution in [-0.4, -0.2) is 24.5 Å². The van der Waals surface area contributed by atoms with Gasteiger partial charge in [0.25, 0.3) is 11.8 Å². The van der Waals surface area contributed by atoms with Crippen LogP contribution in [0.5, 0.6) is 5.75 Å². The van der Waals surface area contributed by atoms with Crippen LogP contribution in [-0.2, 0) is 4.79 Å². The number of amides is 2. The minimum absolute atomic E-state index is 0.178. The normalized spacial score (nSPS) is 14.3. The molecule has 1 aliphatic carbocycles. The van der Waals surface area contributed by atoms with Crippen molar-refractivity contribution in [3.63, 3.8) is 0 Å². The summed E-state index contributed by atoms with van der Waals surface area (Å²) in [5.41, 5.74) is 0.823. The number of carbonyl (C=O) groups excluding carboxylic acids is 2. The molecule has 2 amide bonds. The van der Waals surface area contributed by atoms with E-state index < -0.39 is 0 Å². The van der Waals surface area contributed by atoms with Crippen molar-refractivity contribution in [1.29, 1.82) is 0 Å². The largest absolute Gasteiger partial charge is 0.483 e. The quantitative estimate of drug-likeness (QED) is 0.524. The highest BCUT2D eigenvalue weighted by Gasteiger charge is 2.19. The Bertz CT molecular complexity index is 901. The van der Waals surface area contributed by atoms with Gasteiger partial charge in [0.15, 0.2) is 6.61 Å². The summed E-state index contributed by atoms with van der Waals surface area (Å²) in [6, 6.07) is 10.0. The van der Waals surface area contributed by atoms with E-state index >= 15 is 0 Å². The number of benzene rings is 2. The molecule has 0 radical (unpaired) electrons. The molecule has 2 aromatic carbocycles. The highest BCUT2D eigenvalue weighted by Crippen LogP contribution is 2.28. The molecule has 5 nitrogen and oxygen atoms in total. The molecule has 0 aliphatic heterocycles.